The molecule has 2 amide bonds. The highest BCUT2D eigenvalue weighted by atomic mass is 16.5. The van der Waals surface area contributed by atoms with Gasteiger partial charge in [-0.05, 0) is 48.9 Å². The van der Waals surface area contributed by atoms with Crippen LogP contribution in [0.4, 0.5) is 5.69 Å². The van der Waals surface area contributed by atoms with E-state index in [-0.39, 0.29) is 11.8 Å². The van der Waals surface area contributed by atoms with Gasteiger partial charge in [-0.3, -0.25) is 9.59 Å². The Labute approximate surface area is 147 Å². The fourth-order valence-electron chi connectivity index (χ4n) is 2.20. The van der Waals surface area contributed by atoms with E-state index in [9.17, 15) is 9.59 Å². The van der Waals surface area contributed by atoms with E-state index in [1.54, 1.807) is 62.8 Å². The van der Waals surface area contributed by atoms with Crippen molar-refractivity contribution in [2.24, 2.45) is 0 Å². The maximum absolute atomic E-state index is 12.3. The van der Waals surface area contributed by atoms with Crippen molar-refractivity contribution in [3.63, 3.8) is 0 Å². The van der Waals surface area contributed by atoms with Crippen LogP contribution in [-0.4, -0.2) is 39.2 Å². The molecule has 0 radical (unpaired) electrons. The van der Waals surface area contributed by atoms with Gasteiger partial charge in [0.2, 0.25) is 0 Å². The van der Waals surface area contributed by atoms with Crippen LogP contribution in [0.2, 0.25) is 0 Å². The van der Waals surface area contributed by atoms with Gasteiger partial charge in [-0.2, -0.15) is 0 Å². The third-order valence-corrected chi connectivity index (χ3v) is 3.55. The molecule has 25 heavy (non-hydrogen) atoms. The lowest BCUT2D eigenvalue weighted by atomic mass is 10.1. The molecule has 0 fully saturated rings. The van der Waals surface area contributed by atoms with Crippen molar-refractivity contribution < 1.29 is 19.1 Å². The molecule has 0 aliphatic heterocycles. The standard InChI is InChI=1S/C19H22N2O4/c1-24-12-4-11-20-18(22)15-5-3-6-16(13-15)21-19(23)14-7-9-17(25-2)10-8-14/h3,5-10,13H,4,11-12H2,1-2H3,(H,20,22)(H,21,23). The molecule has 0 atom stereocenters. The number of hydrogen-bond donors (Lipinski definition) is 2. The minimum absolute atomic E-state index is 0.184. The van der Waals surface area contributed by atoms with E-state index in [0.29, 0.717) is 35.7 Å². The molecule has 0 spiro atoms. The minimum atomic E-state index is -0.250. The fraction of sp³-hybridized carbons (Fsp3) is 0.263. The summed E-state index contributed by atoms with van der Waals surface area (Å²) in [5, 5.41) is 5.60. The highest BCUT2D eigenvalue weighted by Gasteiger charge is 2.09. The number of ether oxygens (including phenoxy) is 2. The Kier molecular flexibility index (Phi) is 6.98. The molecule has 132 valence electrons. The molecule has 6 nitrogen and oxygen atoms in total. The summed E-state index contributed by atoms with van der Waals surface area (Å²) in [6, 6.07) is 13.6. The Morgan fingerprint density at radius 3 is 2.40 bits per heavy atom. The Bertz CT molecular complexity index is 714. The molecule has 2 aromatic carbocycles. The van der Waals surface area contributed by atoms with E-state index in [0.717, 1.165) is 6.42 Å². The fourth-order valence-corrected chi connectivity index (χ4v) is 2.20. The topological polar surface area (TPSA) is 76.7 Å². The lowest BCUT2D eigenvalue weighted by Gasteiger charge is -2.09. The second-order valence-corrected chi connectivity index (χ2v) is 5.37. The number of carbonyl (C=O) groups is 2. The van der Waals surface area contributed by atoms with Gasteiger partial charge in [-0.25, -0.2) is 0 Å². The monoisotopic (exact) mass is 342 g/mol. The predicted molar refractivity (Wildman–Crippen MR) is 96.2 cm³/mol. The first-order chi connectivity index (χ1) is 12.1. The molecular formula is C19H22N2O4. The first-order valence-corrected chi connectivity index (χ1v) is 7.96. The quantitative estimate of drug-likeness (QED) is 0.723. The van der Waals surface area contributed by atoms with E-state index in [1.807, 2.05) is 0 Å². The smallest absolute Gasteiger partial charge is 0.255 e. The number of benzene rings is 2. The molecular weight excluding hydrogens is 320 g/mol. The van der Waals surface area contributed by atoms with E-state index in [2.05, 4.69) is 10.6 Å². The minimum Gasteiger partial charge on any atom is -0.497 e. The predicted octanol–water partition coefficient (Wildman–Crippen LogP) is 2.71. The summed E-state index contributed by atoms with van der Waals surface area (Å²) < 4.78 is 10.0. The molecule has 0 unspecified atom stereocenters. The normalized spacial score (nSPS) is 10.2. The molecule has 0 heterocycles. The molecule has 2 rings (SSSR count). The van der Waals surface area contributed by atoms with Crippen LogP contribution >= 0.6 is 0 Å². The average Bonchev–Trinajstić information content (AvgIpc) is 2.65. The van der Waals surface area contributed by atoms with Gasteiger partial charge in [-0.1, -0.05) is 6.07 Å². The summed E-state index contributed by atoms with van der Waals surface area (Å²) in [5.41, 5.74) is 1.56. The number of methoxy groups -OCH3 is 2. The van der Waals surface area contributed by atoms with Crippen molar-refractivity contribution in [2.45, 2.75) is 6.42 Å². The maximum atomic E-state index is 12.3. The SMILES string of the molecule is COCCCNC(=O)c1cccc(NC(=O)c2ccc(OC)cc2)c1. The van der Waals surface area contributed by atoms with E-state index >= 15 is 0 Å². The van der Waals surface area contributed by atoms with Crippen LogP contribution in [-0.2, 0) is 4.74 Å². The maximum Gasteiger partial charge on any atom is 0.255 e. The summed E-state index contributed by atoms with van der Waals surface area (Å²) >= 11 is 0. The summed E-state index contributed by atoms with van der Waals surface area (Å²) in [6.45, 7) is 1.13. The van der Waals surface area contributed by atoms with Gasteiger partial charge in [0.05, 0.1) is 7.11 Å². The second kappa shape index (κ2) is 9.44. The molecule has 0 saturated heterocycles. The summed E-state index contributed by atoms with van der Waals surface area (Å²) in [7, 11) is 3.19. The van der Waals surface area contributed by atoms with Gasteiger partial charge < -0.3 is 20.1 Å². The van der Waals surface area contributed by atoms with Crippen molar-refractivity contribution in [3.8, 4) is 5.75 Å². The highest BCUT2D eigenvalue weighted by molar-refractivity contribution is 6.05. The highest BCUT2D eigenvalue weighted by Crippen LogP contribution is 2.15. The van der Waals surface area contributed by atoms with Crippen LogP contribution in [0, 0.1) is 0 Å². The number of nitrogens with one attached hydrogen (secondary N) is 2. The Morgan fingerprint density at radius 2 is 1.72 bits per heavy atom. The van der Waals surface area contributed by atoms with Gasteiger partial charge in [-0.15, -0.1) is 0 Å². The van der Waals surface area contributed by atoms with Crippen LogP contribution in [0.3, 0.4) is 0 Å². The van der Waals surface area contributed by atoms with Gasteiger partial charge in [0.15, 0.2) is 0 Å². The molecule has 0 aliphatic carbocycles. The molecule has 6 heteroatoms. The summed E-state index contributed by atoms with van der Waals surface area (Å²) in [6.07, 6.45) is 0.746. The van der Waals surface area contributed by atoms with Gasteiger partial charge >= 0.3 is 0 Å². The Morgan fingerprint density at radius 1 is 0.960 bits per heavy atom. The second-order valence-electron chi connectivity index (χ2n) is 5.37. The van der Waals surface area contributed by atoms with Crippen molar-refractivity contribution >= 4 is 17.5 Å². The zero-order valence-electron chi connectivity index (χ0n) is 14.4. The number of carbonyl (C=O) groups excluding carboxylic acids is 2. The number of anilines is 1. The van der Waals surface area contributed by atoms with Crippen LogP contribution in [0.15, 0.2) is 48.5 Å². The number of rotatable bonds is 8. The first-order valence-electron chi connectivity index (χ1n) is 7.96. The first kappa shape index (κ1) is 18.5. The van der Waals surface area contributed by atoms with Crippen LogP contribution in [0.1, 0.15) is 27.1 Å². The number of amides is 2. The molecule has 0 bridgehead atoms. The van der Waals surface area contributed by atoms with Crippen molar-refractivity contribution in [1.29, 1.82) is 0 Å². The largest absolute Gasteiger partial charge is 0.497 e. The summed E-state index contributed by atoms with van der Waals surface area (Å²) in [4.78, 5) is 24.4. The van der Waals surface area contributed by atoms with E-state index < -0.39 is 0 Å². The molecule has 0 saturated carbocycles. The molecule has 2 aromatic rings. The lowest BCUT2D eigenvalue weighted by Crippen LogP contribution is -2.25. The van der Waals surface area contributed by atoms with Crippen molar-refractivity contribution in [1.82, 2.24) is 5.32 Å². The van der Waals surface area contributed by atoms with Crippen molar-refractivity contribution in [2.75, 3.05) is 32.7 Å². The van der Waals surface area contributed by atoms with Crippen LogP contribution < -0.4 is 15.4 Å². The Hall–Kier alpha value is -2.86. The molecule has 0 aromatic heterocycles. The Balaban J connectivity index is 1.97. The average molecular weight is 342 g/mol. The van der Waals surface area contributed by atoms with E-state index in [4.69, 9.17) is 9.47 Å². The third-order valence-electron chi connectivity index (χ3n) is 3.55. The molecule has 2 N–H and O–H groups in total. The third kappa shape index (κ3) is 5.61. The van der Waals surface area contributed by atoms with E-state index in [1.165, 1.54) is 0 Å². The number of hydrogen-bond acceptors (Lipinski definition) is 4. The van der Waals surface area contributed by atoms with Gasteiger partial charge in [0.1, 0.15) is 5.75 Å². The zero-order valence-corrected chi connectivity index (χ0v) is 14.4. The van der Waals surface area contributed by atoms with Crippen LogP contribution in [0.25, 0.3) is 0 Å². The summed E-state index contributed by atoms with van der Waals surface area (Å²) in [5.74, 6) is 0.251. The lowest BCUT2D eigenvalue weighted by molar-refractivity contribution is 0.0947. The van der Waals surface area contributed by atoms with Crippen LogP contribution in [0.5, 0.6) is 5.75 Å². The van der Waals surface area contributed by atoms with Crippen molar-refractivity contribution in [3.05, 3.63) is 59.7 Å². The van der Waals surface area contributed by atoms with Gasteiger partial charge in [0, 0.05) is 37.1 Å². The molecule has 0 aliphatic rings. The zero-order chi connectivity index (χ0) is 18.1. The van der Waals surface area contributed by atoms with Gasteiger partial charge in [0.25, 0.3) is 11.8 Å².